The molecule has 2 N–H and O–H groups in total. The third-order valence-corrected chi connectivity index (χ3v) is 3.77. The molecule has 23 heavy (non-hydrogen) atoms. The Balaban J connectivity index is 2.44. The van der Waals surface area contributed by atoms with Crippen LogP contribution in [0.5, 0.6) is 0 Å². The first-order chi connectivity index (χ1) is 10.9. The fraction of sp³-hybridized carbons (Fsp3) is 0.667. The van der Waals surface area contributed by atoms with Crippen molar-refractivity contribution < 1.29 is 24.0 Å². The Kier molecular flexibility index (Phi) is 7.37. The molecule has 0 spiro atoms. The second-order valence-electron chi connectivity index (χ2n) is 5.58. The minimum atomic E-state index is -0.795. The van der Waals surface area contributed by atoms with Crippen LogP contribution >= 0.6 is 0 Å². The largest absolute Gasteiger partial charge is 0.344 e. The van der Waals surface area contributed by atoms with Crippen molar-refractivity contribution >= 4 is 30.0 Å². The third kappa shape index (κ3) is 5.46. The van der Waals surface area contributed by atoms with Crippen molar-refractivity contribution in [2.75, 3.05) is 6.54 Å². The van der Waals surface area contributed by atoms with Crippen molar-refractivity contribution in [3.05, 3.63) is 0 Å². The van der Waals surface area contributed by atoms with Gasteiger partial charge in [0.25, 0.3) is 0 Å². The summed E-state index contributed by atoms with van der Waals surface area (Å²) in [6.07, 6.45) is 2.16. The van der Waals surface area contributed by atoms with Crippen LogP contribution in [0.4, 0.5) is 0 Å². The van der Waals surface area contributed by atoms with Crippen molar-refractivity contribution in [3.63, 3.8) is 0 Å². The van der Waals surface area contributed by atoms with Crippen LogP contribution in [0.1, 0.15) is 46.0 Å². The molecule has 1 aliphatic rings. The minimum Gasteiger partial charge on any atom is -0.344 e. The van der Waals surface area contributed by atoms with Gasteiger partial charge in [0.1, 0.15) is 6.04 Å². The van der Waals surface area contributed by atoms with Gasteiger partial charge in [0.15, 0.2) is 0 Å². The van der Waals surface area contributed by atoms with Gasteiger partial charge in [0, 0.05) is 25.3 Å². The predicted molar refractivity (Wildman–Crippen MR) is 80.8 cm³/mol. The van der Waals surface area contributed by atoms with Gasteiger partial charge in [-0.1, -0.05) is 13.8 Å². The van der Waals surface area contributed by atoms with Gasteiger partial charge in [0.2, 0.25) is 30.0 Å². The van der Waals surface area contributed by atoms with Crippen molar-refractivity contribution in [2.24, 2.45) is 5.92 Å². The second-order valence-corrected chi connectivity index (χ2v) is 5.58. The normalized spacial score (nSPS) is 18.7. The quantitative estimate of drug-likeness (QED) is 0.344. The van der Waals surface area contributed by atoms with Crippen LogP contribution in [0.3, 0.4) is 0 Å². The van der Waals surface area contributed by atoms with Crippen LogP contribution in [0.25, 0.3) is 0 Å². The molecule has 2 unspecified atom stereocenters. The summed E-state index contributed by atoms with van der Waals surface area (Å²) >= 11 is 0. The molecule has 8 heteroatoms. The molecule has 2 atom stereocenters. The van der Waals surface area contributed by atoms with E-state index in [9.17, 15) is 24.0 Å². The lowest BCUT2D eigenvalue weighted by atomic mass is 10.1. The maximum absolute atomic E-state index is 11.8. The first-order valence-electron chi connectivity index (χ1n) is 7.78. The third-order valence-electron chi connectivity index (χ3n) is 3.77. The molecule has 0 aromatic heterocycles. The number of nitrogens with zero attached hydrogens (tertiary/aromatic N) is 1. The van der Waals surface area contributed by atoms with E-state index in [2.05, 4.69) is 5.32 Å². The van der Waals surface area contributed by atoms with E-state index < -0.39 is 11.9 Å². The maximum atomic E-state index is 11.8. The number of carbonyl (C=O) groups is 5. The first kappa shape index (κ1) is 18.8. The smallest absolute Gasteiger partial charge is 0.248 e. The lowest BCUT2D eigenvalue weighted by Gasteiger charge is -2.18. The van der Waals surface area contributed by atoms with Gasteiger partial charge in [-0.3, -0.25) is 34.2 Å². The van der Waals surface area contributed by atoms with Gasteiger partial charge in [0.05, 0.1) is 0 Å². The zero-order valence-corrected chi connectivity index (χ0v) is 13.5. The standard InChI is InChI=1S/C15H23N3O5/c1-3-12(20)17-11(14(22)16-9-19)6-4-5-7-18-13(21)8-10(2)15(18)23/h9-11H,3-8H2,1-2H3,(H,17,20)(H,16,19,22). The lowest BCUT2D eigenvalue weighted by Crippen LogP contribution is -2.46. The molecule has 1 heterocycles. The van der Waals surface area contributed by atoms with Gasteiger partial charge in [-0.2, -0.15) is 0 Å². The van der Waals surface area contributed by atoms with Gasteiger partial charge in [-0.05, 0) is 19.3 Å². The summed E-state index contributed by atoms with van der Waals surface area (Å²) in [6.45, 7) is 3.70. The molecule has 1 saturated heterocycles. The van der Waals surface area contributed by atoms with Crippen LogP contribution in [0, 0.1) is 5.92 Å². The summed E-state index contributed by atoms with van der Waals surface area (Å²) in [6, 6.07) is -0.795. The van der Waals surface area contributed by atoms with Crippen molar-refractivity contribution in [1.82, 2.24) is 15.5 Å². The number of amides is 5. The van der Waals surface area contributed by atoms with E-state index in [1.165, 1.54) is 4.90 Å². The average Bonchev–Trinajstić information content (AvgIpc) is 2.75. The topological polar surface area (TPSA) is 113 Å². The Morgan fingerprint density at radius 1 is 1.35 bits per heavy atom. The van der Waals surface area contributed by atoms with Crippen LogP contribution in [0.15, 0.2) is 0 Å². The Hall–Kier alpha value is -2.25. The van der Waals surface area contributed by atoms with E-state index in [4.69, 9.17) is 0 Å². The van der Waals surface area contributed by atoms with Gasteiger partial charge in [-0.25, -0.2) is 0 Å². The molecule has 1 aliphatic heterocycles. The summed E-state index contributed by atoms with van der Waals surface area (Å²) in [4.78, 5) is 58.1. The van der Waals surface area contributed by atoms with E-state index in [-0.39, 0.29) is 42.9 Å². The Morgan fingerprint density at radius 2 is 2.04 bits per heavy atom. The highest BCUT2D eigenvalue weighted by Crippen LogP contribution is 2.19. The number of hydrogen-bond donors (Lipinski definition) is 2. The molecule has 0 saturated carbocycles. The van der Waals surface area contributed by atoms with Crippen molar-refractivity contribution in [3.8, 4) is 0 Å². The molecule has 0 aromatic rings. The molecule has 8 nitrogen and oxygen atoms in total. The summed E-state index contributed by atoms with van der Waals surface area (Å²) in [5.41, 5.74) is 0. The summed E-state index contributed by atoms with van der Waals surface area (Å²) in [7, 11) is 0. The summed E-state index contributed by atoms with van der Waals surface area (Å²) in [5.74, 6) is -1.45. The van der Waals surface area contributed by atoms with Crippen LogP contribution in [-0.2, 0) is 24.0 Å². The minimum absolute atomic E-state index is 0.162. The Morgan fingerprint density at radius 3 is 2.57 bits per heavy atom. The number of imide groups is 2. The van der Waals surface area contributed by atoms with Gasteiger partial charge < -0.3 is 5.32 Å². The van der Waals surface area contributed by atoms with Gasteiger partial charge in [-0.15, -0.1) is 0 Å². The average molecular weight is 325 g/mol. The van der Waals surface area contributed by atoms with Gasteiger partial charge >= 0.3 is 0 Å². The molecule has 5 amide bonds. The van der Waals surface area contributed by atoms with E-state index in [1.54, 1.807) is 13.8 Å². The number of hydrogen-bond acceptors (Lipinski definition) is 5. The molecule has 0 radical (unpaired) electrons. The number of rotatable bonds is 9. The lowest BCUT2D eigenvalue weighted by molar-refractivity contribution is -0.139. The fourth-order valence-corrected chi connectivity index (χ4v) is 2.43. The zero-order chi connectivity index (χ0) is 17.4. The number of likely N-dealkylation sites (tertiary alicyclic amines) is 1. The van der Waals surface area contributed by atoms with E-state index in [1.807, 2.05) is 5.32 Å². The van der Waals surface area contributed by atoms with E-state index >= 15 is 0 Å². The first-order valence-corrected chi connectivity index (χ1v) is 7.78. The van der Waals surface area contributed by atoms with Crippen LogP contribution in [-0.4, -0.2) is 47.5 Å². The number of unbranched alkanes of at least 4 members (excludes halogenated alkanes) is 1. The monoisotopic (exact) mass is 325 g/mol. The molecule has 0 aliphatic carbocycles. The number of carbonyl (C=O) groups excluding carboxylic acids is 5. The fourth-order valence-electron chi connectivity index (χ4n) is 2.43. The Labute approximate surface area is 135 Å². The van der Waals surface area contributed by atoms with Crippen LogP contribution in [0.2, 0.25) is 0 Å². The predicted octanol–water partition coefficient (Wildman–Crippen LogP) is -0.281. The van der Waals surface area contributed by atoms with E-state index in [0.29, 0.717) is 25.8 Å². The molecular weight excluding hydrogens is 302 g/mol. The molecule has 1 rings (SSSR count). The SMILES string of the molecule is CCC(=O)NC(CCCCN1C(=O)CC(C)C1=O)C(=O)NC=O. The molecular formula is C15H23N3O5. The number of nitrogens with one attached hydrogen (secondary N) is 2. The zero-order valence-electron chi connectivity index (χ0n) is 13.5. The van der Waals surface area contributed by atoms with Crippen molar-refractivity contribution in [1.29, 1.82) is 0 Å². The molecule has 0 aromatic carbocycles. The maximum Gasteiger partial charge on any atom is 0.248 e. The summed E-state index contributed by atoms with van der Waals surface area (Å²) in [5, 5.41) is 4.57. The highest BCUT2D eigenvalue weighted by atomic mass is 16.2. The molecule has 128 valence electrons. The highest BCUT2D eigenvalue weighted by Gasteiger charge is 2.34. The summed E-state index contributed by atoms with van der Waals surface area (Å²) < 4.78 is 0. The highest BCUT2D eigenvalue weighted by molar-refractivity contribution is 6.03. The molecule has 0 bridgehead atoms. The van der Waals surface area contributed by atoms with E-state index in [0.717, 1.165) is 0 Å². The molecule has 1 fully saturated rings. The second kappa shape index (κ2) is 9.02. The van der Waals surface area contributed by atoms with Crippen LogP contribution < -0.4 is 10.6 Å². The van der Waals surface area contributed by atoms with Crippen molar-refractivity contribution in [2.45, 2.75) is 52.0 Å². The Bertz CT molecular complexity index is 492.